The summed E-state index contributed by atoms with van der Waals surface area (Å²) in [6.45, 7) is 0. The highest BCUT2D eigenvalue weighted by Gasteiger charge is 2.01. The number of rotatable bonds is 2. The fourth-order valence-corrected chi connectivity index (χ4v) is 0.370. The molecule has 0 fully saturated rings. The van der Waals surface area contributed by atoms with E-state index in [9.17, 15) is 9.59 Å². The first-order valence-corrected chi connectivity index (χ1v) is 2.99. The number of carboxylic acid groups (broad SMARTS) is 2. The number of hydrogen-bond acceptors (Lipinski definition) is 3. The van der Waals surface area contributed by atoms with Gasteiger partial charge >= 0.3 is 21.5 Å². The third-order valence-electron chi connectivity index (χ3n) is 0.319. The molecule has 0 aliphatic rings. The summed E-state index contributed by atoms with van der Waals surface area (Å²) in [6, 6.07) is 0. The van der Waals surface area contributed by atoms with E-state index in [2.05, 4.69) is 4.43 Å². The Labute approximate surface area is 46.8 Å². The van der Waals surface area contributed by atoms with Crippen LogP contribution in [-0.4, -0.2) is 31.7 Å². The molecule has 0 aromatic rings. The van der Waals surface area contributed by atoms with E-state index in [0.29, 0.717) is 0 Å². The third-order valence-corrected chi connectivity index (χ3v) is 0.957. The van der Waals surface area contributed by atoms with Crippen molar-refractivity contribution in [2.75, 3.05) is 0 Å². The Balaban J connectivity index is 3.18. The minimum Gasteiger partial charge on any atom is -0.483 e. The molecule has 0 bridgehead atoms. The van der Waals surface area contributed by atoms with E-state index in [1.807, 2.05) is 0 Å². The molecular weight excluding hydrogens is 132 g/mol. The lowest BCUT2D eigenvalue weighted by Gasteiger charge is -1.90. The molecule has 2 N–H and O–H groups in total. The summed E-state index contributed by atoms with van der Waals surface area (Å²) in [4.78, 5) is 19.0. The van der Waals surface area contributed by atoms with Crippen LogP contribution >= 0.6 is 0 Å². The molecular formula is C2H4O5Si. The van der Waals surface area contributed by atoms with Crippen molar-refractivity contribution >= 4 is 21.5 Å². The minimum atomic E-state index is -1.88. The van der Waals surface area contributed by atoms with E-state index in [1.54, 1.807) is 0 Å². The highest BCUT2D eigenvalue weighted by Crippen LogP contribution is 1.72. The maximum Gasteiger partial charge on any atom is 0.491 e. The lowest BCUT2D eigenvalue weighted by molar-refractivity contribution is 0.144. The second kappa shape index (κ2) is 3.02. The lowest BCUT2D eigenvalue weighted by Crippen LogP contribution is -2.13. The van der Waals surface area contributed by atoms with Gasteiger partial charge < -0.3 is 14.6 Å². The van der Waals surface area contributed by atoms with E-state index in [4.69, 9.17) is 10.2 Å². The molecule has 6 heteroatoms. The Morgan fingerprint density at radius 2 is 1.88 bits per heavy atom. The second-order valence-corrected chi connectivity index (χ2v) is 2.13. The maximum absolute atomic E-state index is 9.58. The third kappa shape index (κ3) is 4.96. The molecule has 0 spiro atoms. The molecule has 0 atom stereocenters. The summed E-state index contributed by atoms with van der Waals surface area (Å²) in [5.41, 5.74) is -1.16. The number of carbonyl (C=O) groups is 2. The average Bonchev–Trinajstić information content (AvgIpc) is 1.61. The monoisotopic (exact) mass is 136 g/mol. The molecule has 5 nitrogen and oxygen atoms in total. The van der Waals surface area contributed by atoms with Crippen LogP contribution in [0.15, 0.2) is 0 Å². The summed E-state index contributed by atoms with van der Waals surface area (Å²) < 4.78 is 3.76. The second-order valence-electron chi connectivity index (χ2n) is 0.948. The quantitative estimate of drug-likeness (QED) is 0.497. The minimum absolute atomic E-state index is 1.16. The first-order valence-electron chi connectivity index (χ1n) is 1.70. The van der Waals surface area contributed by atoms with Crippen molar-refractivity contribution in [3.05, 3.63) is 0 Å². The highest BCUT2D eigenvalue weighted by atomic mass is 28.2. The smallest absolute Gasteiger partial charge is 0.483 e. The zero-order valence-corrected chi connectivity index (χ0v) is 5.24. The first-order chi connectivity index (χ1) is 3.63. The number of hydrogen-bond donors (Lipinski definition) is 2. The van der Waals surface area contributed by atoms with Crippen LogP contribution in [0.1, 0.15) is 0 Å². The molecule has 0 heterocycles. The van der Waals surface area contributed by atoms with E-state index in [0.717, 1.165) is 0 Å². The lowest BCUT2D eigenvalue weighted by atomic mass is 11.5. The van der Waals surface area contributed by atoms with Crippen molar-refractivity contribution in [3.63, 3.8) is 0 Å². The fourth-order valence-electron chi connectivity index (χ4n) is 0.123. The van der Waals surface area contributed by atoms with Gasteiger partial charge in [-0.1, -0.05) is 0 Å². The topological polar surface area (TPSA) is 83.8 Å². The summed E-state index contributed by atoms with van der Waals surface area (Å²) in [5, 5.41) is 15.5. The van der Waals surface area contributed by atoms with Crippen LogP contribution in [0.3, 0.4) is 0 Å². The van der Waals surface area contributed by atoms with Crippen LogP contribution < -0.4 is 0 Å². The van der Waals surface area contributed by atoms with Gasteiger partial charge in [0, 0.05) is 0 Å². The summed E-state index contributed by atoms with van der Waals surface area (Å²) in [5.74, 6) is 0. The largest absolute Gasteiger partial charge is 0.491 e. The van der Waals surface area contributed by atoms with Gasteiger partial charge in [0.2, 0.25) is 0 Å². The molecule has 8 heavy (non-hydrogen) atoms. The summed E-state index contributed by atoms with van der Waals surface area (Å²) >= 11 is 0. The molecule has 0 rings (SSSR count). The Hall–Kier alpha value is -1.04. The molecule has 0 saturated heterocycles. The molecule has 0 radical (unpaired) electrons. The first kappa shape index (κ1) is 6.96. The maximum atomic E-state index is 9.58. The van der Waals surface area contributed by atoms with Crippen molar-refractivity contribution in [2.45, 2.75) is 0 Å². The van der Waals surface area contributed by atoms with Crippen molar-refractivity contribution in [3.8, 4) is 0 Å². The molecule has 0 aliphatic carbocycles. The van der Waals surface area contributed by atoms with Gasteiger partial charge in [0.15, 0.2) is 0 Å². The highest BCUT2D eigenvalue weighted by molar-refractivity contribution is 6.67. The van der Waals surface area contributed by atoms with Crippen molar-refractivity contribution in [1.29, 1.82) is 0 Å². The van der Waals surface area contributed by atoms with Crippen molar-refractivity contribution in [1.82, 2.24) is 0 Å². The van der Waals surface area contributed by atoms with Gasteiger partial charge in [-0.05, 0) is 0 Å². The van der Waals surface area contributed by atoms with Crippen LogP contribution in [-0.2, 0) is 4.43 Å². The van der Waals surface area contributed by atoms with Crippen LogP contribution in [0.2, 0.25) is 0 Å². The van der Waals surface area contributed by atoms with Gasteiger partial charge in [-0.25, -0.2) is 4.79 Å². The van der Waals surface area contributed by atoms with E-state index >= 15 is 0 Å². The predicted octanol–water partition coefficient (Wildman–Crippen LogP) is -0.557. The molecule has 0 aliphatic heterocycles. The van der Waals surface area contributed by atoms with E-state index in [-0.39, 0.29) is 0 Å². The molecule has 0 amide bonds. The van der Waals surface area contributed by atoms with Gasteiger partial charge in [0.1, 0.15) is 0 Å². The van der Waals surface area contributed by atoms with Gasteiger partial charge in [-0.15, -0.1) is 0 Å². The molecule has 0 aromatic carbocycles. The standard InChI is InChI=1S/C2H4O5Si/c3-1(4)7-8-2(5)6/h8H2,(H,3,4)(H,5,6). The van der Waals surface area contributed by atoms with Gasteiger partial charge in [0.05, 0.1) is 0 Å². The van der Waals surface area contributed by atoms with Crippen molar-refractivity contribution in [2.24, 2.45) is 0 Å². The normalized spacial score (nSPS) is 9.50. The Bertz CT molecular complexity index is 95.0. The van der Waals surface area contributed by atoms with Crippen molar-refractivity contribution < 1.29 is 24.2 Å². The Morgan fingerprint density at radius 3 is 2.00 bits per heavy atom. The molecule has 0 unspecified atom stereocenters. The van der Waals surface area contributed by atoms with Gasteiger partial charge in [-0.3, -0.25) is 4.79 Å². The van der Waals surface area contributed by atoms with Gasteiger partial charge in [-0.2, -0.15) is 0 Å². The van der Waals surface area contributed by atoms with Crippen LogP contribution in [0, 0.1) is 0 Å². The van der Waals surface area contributed by atoms with Crippen LogP contribution in [0.5, 0.6) is 0 Å². The molecule has 46 valence electrons. The van der Waals surface area contributed by atoms with Gasteiger partial charge in [0.25, 0.3) is 0 Å². The van der Waals surface area contributed by atoms with E-state index < -0.39 is 21.5 Å². The Morgan fingerprint density at radius 1 is 1.38 bits per heavy atom. The Kier molecular flexibility index (Phi) is 2.63. The SMILES string of the molecule is O=C(O)O[SiH2]C(=O)O. The summed E-state index contributed by atoms with van der Waals surface area (Å²) in [6.07, 6.45) is -1.51. The fraction of sp³-hybridized carbons (Fsp3) is 0. The average molecular weight is 136 g/mol. The van der Waals surface area contributed by atoms with Crippen LogP contribution in [0.25, 0.3) is 0 Å². The zero-order chi connectivity index (χ0) is 6.57. The summed E-state index contributed by atoms with van der Waals surface area (Å²) in [7, 11) is -1.88. The predicted molar refractivity (Wildman–Crippen MR) is 25.7 cm³/mol. The van der Waals surface area contributed by atoms with Crippen LogP contribution in [0.4, 0.5) is 9.59 Å². The molecule has 0 saturated carbocycles. The molecule has 0 aromatic heterocycles. The zero-order valence-electron chi connectivity index (χ0n) is 3.83. The van der Waals surface area contributed by atoms with E-state index in [1.165, 1.54) is 0 Å².